The van der Waals surface area contributed by atoms with Crippen molar-refractivity contribution in [3.8, 4) is 5.75 Å². The van der Waals surface area contributed by atoms with Gasteiger partial charge in [-0.05, 0) is 108 Å². The van der Waals surface area contributed by atoms with Gasteiger partial charge in [0.1, 0.15) is 11.9 Å². The van der Waals surface area contributed by atoms with E-state index in [1.54, 1.807) is 6.07 Å². The van der Waals surface area contributed by atoms with Gasteiger partial charge in [0.2, 0.25) is 0 Å². The van der Waals surface area contributed by atoms with Gasteiger partial charge < -0.3 is 9.84 Å². The van der Waals surface area contributed by atoms with E-state index < -0.39 is 5.97 Å². The van der Waals surface area contributed by atoms with Crippen molar-refractivity contribution >= 4 is 28.7 Å². The van der Waals surface area contributed by atoms with Crippen LogP contribution in [-0.4, -0.2) is 48.4 Å². The number of ether oxygens (including phenoxy) is 1. The number of alkyl halides is 1. The first-order chi connectivity index (χ1) is 18.4. The van der Waals surface area contributed by atoms with Crippen molar-refractivity contribution in [1.82, 2.24) is 4.90 Å². The summed E-state index contributed by atoms with van der Waals surface area (Å²) in [5.41, 5.74) is 7.73. The first-order valence-electron chi connectivity index (χ1n) is 13.3. The highest BCUT2D eigenvalue weighted by Crippen LogP contribution is 2.42. The molecular weight excluding hydrogens is 501 g/mol. The van der Waals surface area contributed by atoms with Crippen LogP contribution in [0.15, 0.2) is 60.7 Å². The van der Waals surface area contributed by atoms with Crippen molar-refractivity contribution < 1.29 is 19.0 Å². The van der Waals surface area contributed by atoms with Crippen LogP contribution >= 0.6 is 11.6 Å². The second-order valence-electron chi connectivity index (χ2n) is 10.3. The molecule has 4 nitrogen and oxygen atoms in total. The Balaban J connectivity index is 1.57. The van der Waals surface area contributed by atoms with E-state index in [2.05, 4.69) is 29.2 Å². The molecule has 1 saturated heterocycles. The lowest BCUT2D eigenvalue weighted by Gasteiger charge is -2.20. The average molecular weight is 534 g/mol. The number of carboxylic acids is 1. The van der Waals surface area contributed by atoms with Crippen LogP contribution in [0.5, 0.6) is 5.75 Å². The largest absolute Gasteiger partial charge is 0.489 e. The van der Waals surface area contributed by atoms with Crippen molar-refractivity contribution in [1.29, 1.82) is 0 Å². The number of likely N-dealkylation sites (tertiary alicyclic amines) is 1. The zero-order valence-electron chi connectivity index (χ0n) is 21.7. The molecule has 1 atom stereocenters. The highest BCUT2D eigenvalue weighted by Gasteiger charge is 2.25. The fraction of sp³-hybridized carbons (Fsp3) is 0.344. The Morgan fingerprint density at radius 1 is 1.11 bits per heavy atom. The summed E-state index contributed by atoms with van der Waals surface area (Å²) in [6, 6.07) is 19.8. The number of nitrogens with zero attached hydrogens (tertiary/aromatic N) is 1. The van der Waals surface area contributed by atoms with Gasteiger partial charge in [-0.2, -0.15) is 0 Å². The summed E-state index contributed by atoms with van der Waals surface area (Å²) in [5, 5.41) is 10.3. The fourth-order valence-electron chi connectivity index (χ4n) is 5.68. The van der Waals surface area contributed by atoms with Crippen LogP contribution in [0.3, 0.4) is 0 Å². The van der Waals surface area contributed by atoms with E-state index in [0.717, 1.165) is 95.1 Å². The van der Waals surface area contributed by atoms with Gasteiger partial charge >= 0.3 is 5.97 Å². The van der Waals surface area contributed by atoms with Gasteiger partial charge in [0.15, 0.2) is 0 Å². The lowest BCUT2D eigenvalue weighted by atomic mass is 9.87. The summed E-state index contributed by atoms with van der Waals surface area (Å²) in [4.78, 5) is 14.0. The van der Waals surface area contributed by atoms with Crippen LogP contribution in [0.2, 0.25) is 5.02 Å². The maximum absolute atomic E-state index is 12.6. The summed E-state index contributed by atoms with van der Waals surface area (Å²) < 4.78 is 19.0. The van der Waals surface area contributed by atoms with Gasteiger partial charge in [0, 0.05) is 24.7 Å². The Bertz CT molecular complexity index is 1370. The van der Waals surface area contributed by atoms with Gasteiger partial charge in [-0.1, -0.05) is 41.9 Å². The molecule has 198 valence electrons. The minimum atomic E-state index is -0.920. The minimum absolute atomic E-state index is 0.0735. The molecule has 3 aromatic carbocycles. The second-order valence-corrected chi connectivity index (χ2v) is 10.7. The molecule has 1 heterocycles. The zero-order valence-corrected chi connectivity index (χ0v) is 22.4. The molecule has 1 aliphatic heterocycles. The van der Waals surface area contributed by atoms with E-state index in [4.69, 9.17) is 16.3 Å². The quantitative estimate of drug-likeness (QED) is 0.326. The number of aryl methyl sites for hydroxylation is 2. The van der Waals surface area contributed by atoms with Gasteiger partial charge in [0.25, 0.3) is 0 Å². The first-order valence-corrected chi connectivity index (χ1v) is 13.7. The molecule has 3 aromatic rings. The third-order valence-electron chi connectivity index (χ3n) is 7.51. The number of halogens is 2. The molecule has 0 unspecified atom stereocenters. The summed E-state index contributed by atoms with van der Waals surface area (Å²) in [6.07, 6.45) is 4.07. The summed E-state index contributed by atoms with van der Waals surface area (Å²) in [5.74, 6) is -0.119. The second kappa shape index (κ2) is 11.7. The highest BCUT2D eigenvalue weighted by atomic mass is 35.5. The number of hydrogen-bond acceptors (Lipinski definition) is 3. The molecule has 1 N–H and O–H groups in total. The average Bonchev–Trinajstić information content (AvgIpc) is 3.25. The fourth-order valence-corrected chi connectivity index (χ4v) is 6.03. The smallest absolute Gasteiger partial charge is 0.335 e. The minimum Gasteiger partial charge on any atom is -0.489 e. The number of fused-ring (bicyclic) bond motifs is 1. The number of benzene rings is 3. The van der Waals surface area contributed by atoms with Gasteiger partial charge in [0.05, 0.1) is 12.2 Å². The predicted octanol–water partition coefficient (Wildman–Crippen LogP) is 7.45. The Hall–Kier alpha value is -3.15. The van der Waals surface area contributed by atoms with Crippen LogP contribution in [0, 0.1) is 6.92 Å². The van der Waals surface area contributed by atoms with Gasteiger partial charge in [-0.25, -0.2) is 4.79 Å². The van der Waals surface area contributed by atoms with Crippen molar-refractivity contribution in [3.05, 3.63) is 99.1 Å². The van der Waals surface area contributed by atoms with Gasteiger partial charge in [-0.15, -0.1) is 0 Å². The Morgan fingerprint density at radius 2 is 1.95 bits per heavy atom. The Morgan fingerprint density at radius 3 is 2.74 bits per heavy atom. The normalized spacial score (nSPS) is 17.8. The maximum Gasteiger partial charge on any atom is 0.335 e. The first kappa shape index (κ1) is 26.5. The molecule has 0 amide bonds. The highest BCUT2D eigenvalue weighted by molar-refractivity contribution is 6.33. The lowest BCUT2D eigenvalue weighted by molar-refractivity contribution is 0.0696. The Kier molecular flexibility index (Phi) is 8.15. The molecule has 1 fully saturated rings. The molecular formula is C32H33ClFNO3. The van der Waals surface area contributed by atoms with Crippen LogP contribution in [-0.2, 0) is 6.42 Å². The van der Waals surface area contributed by atoms with Crippen molar-refractivity contribution in [2.75, 3.05) is 26.3 Å². The van der Waals surface area contributed by atoms with Crippen molar-refractivity contribution in [2.24, 2.45) is 0 Å². The number of rotatable bonds is 8. The molecule has 38 heavy (non-hydrogen) atoms. The monoisotopic (exact) mass is 533 g/mol. The topological polar surface area (TPSA) is 49.8 Å². The van der Waals surface area contributed by atoms with E-state index >= 15 is 0 Å². The molecule has 5 rings (SSSR count). The van der Waals surface area contributed by atoms with Crippen molar-refractivity contribution in [2.45, 2.75) is 45.1 Å². The summed E-state index contributed by atoms with van der Waals surface area (Å²) in [7, 11) is 0. The van der Waals surface area contributed by atoms with E-state index in [1.807, 2.05) is 37.3 Å². The van der Waals surface area contributed by atoms with Crippen molar-refractivity contribution in [3.63, 3.8) is 0 Å². The SMILES string of the molecule is Cc1ccc(C2=C(c3cccc(O[C@@H]4CCN(CCCF)C4)c3)c3ccc(C(=O)O)cc3CCC2)c(Cl)c1. The third kappa shape index (κ3) is 5.79. The lowest BCUT2D eigenvalue weighted by Crippen LogP contribution is -2.26. The van der Waals surface area contributed by atoms with Crippen LogP contribution in [0.1, 0.15) is 63.9 Å². The molecule has 0 radical (unpaired) electrons. The number of aromatic carboxylic acids is 1. The van der Waals surface area contributed by atoms with E-state index in [1.165, 1.54) is 0 Å². The van der Waals surface area contributed by atoms with E-state index in [0.29, 0.717) is 12.0 Å². The maximum atomic E-state index is 12.6. The molecule has 1 aliphatic carbocycles. The molecule has 0 bridgehead atoms. The van der Waals surface area contributed by atoms with E-state index in [9.17, 15) is 14.3 Å². The standard InChI is InChI=1S/C32H33ClFNO3/c1-21-9-11-28(30(33)17-21)29-8-3-5-22-18-24(32(36)37)10-12-27(22)31(29)23-6-2-7-25(19-23)38-26-13-16-35(20-26)15-4-14-34/h2,6-7,9-12,17-19,26H,3-5,8,13-16,20H2,1H3,(H,36,37)/t26-/m1/s1. The molecule has 0 saturated carbocycles. The number of carboxylic acid groups (broad SMARTS) is 1. The number of hydrogen-bond donors (Lipinski definition) is 1. The predicted molar refractivity (Wildman–Crippen MR) is 151 cm³/mol. The molecule has 0 spiro atoms. The third-order valence-corrected chi connectivity index (χ3v) is 7.82. The molecule has 6 heteroatoms. The zero-order chi connectivity index (χ0) is 26.6. The number of carbonyl (C=O) groups is 1. The Labute approximate surface area is 228 Å². The molecule has 2 aliphatic rings. The van der Waals surface area contributed by atoms with Crippen LogP contribution in [0.4, 0.5) is 4.39 Å². The van der Waals surface area contributed by atoms with Gasteiger partial charge in [-0.3, -0.25) is 9.29 Å². The molecule has 0 aromatic heterocycles. The number of allylic oxidation sites excluding steroid dienone is 1. The van der Waals surface area contributed by atoms with Crippen LogP contribution < -0.4 is 4.74 Å². The van der Waals surface area contributed by atoms with E-state index in [-0.39, 0.29) is 12.8 Å². The summed E-state index contributed by atoms with van der Waals surface area (Å²) in [6.45, 7) is 4.23. The van der Waals surface area contributed by atoms with Crippen LogP contribution in [0.25, 0.3) is 11.1 Å². The summed E-state index contributed by atoms with van der Waals surface area (Å²) >= 11 is 6.79.